The number of aromatic nitrogens is 4. The third-order valence-corrected chi connectivity index (χ3v) is 5.36. The zero-order valence-corrected chi connectivity index (χ0v) is 17.0. The molecule has 2 N–H and O–H groups in total. The van der Waals surface area contributed by atoms with E-state index in [2.05, 4.69) is 25.1 Å². The fourth-order valence-corrected chi connectivity index (χ4v) is 4.00. The van der Waals surface area contributed by atoms with Gasteiger partial charge in [0.25, 0.3) is 0 Å². The fourth-order valence-electron chi connectivity index (χ4n) is 2.85. The highest BCUT2D eigenvalue weighted by molar-refractivity contribution is 7.88. The maximum Gasteiger partial charge on any atom is 0.215 e. The molecule has 0 fully saturated rings. The Balaban J connectivity index is 1.58. The standard InChI is InChI=1S/C19H24N6O2S/c1-14-11-15(2)25(24-14)19-12-18(22-16(3)23-19)20-9-10-21-28(26,27)13-17-7-5-4-6-8-17/h4-8,11-12,21H,9-10,13H2,1-3H3,(H,20,22,23). The average molecular weight is 401 g/mol. The molecule has 0 aliphatic carbocycles. The summed E-state index contributed by atoms with van der Waals surface area (Å²) in [7, 11) is -3.39. The average Bonchev–Trinajstić information content (AvgIpc) is 2.97. The summed E-state index contributed by atoms with van der Waals surface area (Å²) in [5, 5.41) is 7.58. The molecule has 2 aromatic heterocycles. The van der Waals surface area contributed by atoms with Crippen molar-refractivity contribution in [1.82, 2.24) is 24.5 Å². The largest absolute Gasteiger partial charge is 0.369 e. The molecule has 2 heterocycles. The first-order chi connectivity index (χ1) is 13.3. The van der Waals surface area contributed by atoms with Crippen LogP contribution in [0.15, 0.2) is 42.5 Å². The molecule has 0 atom stereocenters. The number of rotatable bonds is 8. The molecule has 28 heavy (non-hydrogen) atoms. The molecule has 148 valence electrons. The van der Waals surface area contributed by atoms with Crippen LogP contribution in [0.2, 0.25) is 0 Å². The van der Waals surface area contributed by atoms with Crippen LogP contribution in [0.4, 0.5) is 5.82 Å². The first-order valence-electron chi connectivity index (χ1n) is 8.97. The van der Waals surface area contributed by atoms with E-state index in [0.29, 0.717) is 24.0 Å². The number of anilines is 1. The van der Waals surface area contributed by atoms with Crippen LogP contribution in [0.1, 0.15) is 22.8 Å². The zero-order chi connectivity index (χ0) is 20.1. The zero-order valence-electron chi connectivity index (χ0n) is 16.2. The van der Waals surface area contributed by atoms with E-state index in [1.807, 2.05) is 45.0 Å². The van der Waals surface area contributed by atoms with Crippen LogP contribution in [0.3, 0.4) is 0 Å². The second kappa shape index (κ2) is 8.49. The van der Waals surface area contributed by atoms with Crippen LogP contribution < -0.4 is 10.0 Å². The van der Waals surface area contributed by atoms with Gasteiger partial charge in [0, 0.05) is 24.8 Å². The minimum absolute atomic E-state index is 0.0392. The minimum atomic E-state index is -3.39. The molecule has 0 amide bonds. The van der Waals surface area contributed by atoms with Crippen molar-refractivity contribution in [3.05, 3.63) is 65.2 Å². The summed E-state index contributed by atoms with van der Waals surface area (Å²) < 4.78 is 28.7. The van der Waals surface area contributed by atoms with Gasteiger partial charge in [0.15, 0.2) is 5.82 Å². The number of hydrogen-bond acceptors (Lipinski definition) is 6. The van der Waals surface area contributed by atoms with Crippen LogP contribution in [0, 0.1) is 20.8 Å². The maximum absolute atomic E-state index is 12.2. The molecule has 0 spiro atoms. The third-order valence-electron chi connectivity index (χ3n) is 4.00. The van der Waals surface area contributed by atoms with Gasteiger partial charge in [0.2, 0.25) is 10.0 Å². The lowest BCUT2D eigenvalue weighted by Gasteiger charge is -2.11. The summed E-state index contributed by atoms with van der Waals surface area (Å²) in [5.74, 6) is 1.86. The summed E-state index contributed by atoms with van der Waals surface area (Å²) >= 11 is 0. The van der Waals surface area contributed by atoms with E-state index in [9.17, 15) is 8.42 Å². The van der Waals surface area contributed by atoms with Crippen LogP contribution >= 0.6 is 0 Å². The lowest BCUT2D eigenvalue weighted by Crippen LogP contribution is -2.30. The fraction of sp³-hybridized carbons (Fsp3) is 0.316. The number of sulfonamides is 1. The molecule has 0 aliphatic rings. The molecule has 1 aromatic carbocycles. The predicted molar refractivity (Wildman–Crippen MR) is 109 cm³/mol. The second-order valence-corrected chi connectivity index (χ2v) is 8.37. The Bertz CT molecular complexity index is 1050. The van der Waals surface area contributed by atoms with Gasteiger partial charge in [-0.3, -0.25) is 0 Å². The van der Waals surface area contributed by atoms with Gasteiger partial charge >= 0.3 is 0 Å². The Kier molecular flexibility index (Phi) is 6.05. The predicted octanol–water partition coefficient (Wildman–Crippen LogP) is 2.12. The quantitative estimate of drug-likeness (QED) is 0.562. The third kappa shape index (κ3) is 5.37. The molecular weight excluding hydrogens is 376 g/mol. The summed E-state index contributed by atoms with van der Waals surface area (Å²) in [4.78, 5) is 8.79. The lowest BCUT2D eigenvalue weighted by atomic mass is 10.2. The summed E-state index contributed by atoms with van der Waals surface area (Å²) in [6.07, 6.45) is 0. The first kappa shape index (κ1) is 20.0. The SMILES string of the molecule is Cc1cc(C)n(-c2cc(NCCNS(=O)(=O)Cc3ccccc3)nc(C)n2)n1. The van der Waals surface area contributed by atoms with Gasteiger partial charge in [-0.05, 0) is 32.4 Å². The van der Waals surface area contributed by atoms with Crippen molar-refractivity contribution < 1.29 is 8.42 Å². The van der Waals surface area contributed by atoms with Crippen molar-refractivity contribution >= 4 is 15.8 Å². The van der Waals surface area contributed by atoms with E-state index < -0.39 is 10.0 Å². The van der Waals surface area contributed by atoms with Crippen molar-refractivity contribution in [3.63, 3.8) is 0 Å². The minimum Gasteiger partial charge on any atom is -0.369 e. The topological polar surface area (TPSA) is 102 Å². The Labute approximate surface area is 165 Å². The van der Waals surface area contributed by atoms with Gasteiger partial charge in [0.1, 0.15) is 11.6 Å². The van der Waals surface area contributed by atoms with E-state index in [1.165, 1.54) is 0 Å². The van der Waals surface area contributed by atoms with E-state index >= 15 is 0 Å². The van der Waals surface area contributed by atoms with Crippen LogP contribution in [-0.4, -0.2) is 41.3 Å². The van der Waals surface area contributed by atoms with E-state index in [1.54, 1.807) is 22.9 Å². The Hall–Kier alpha value is -2.78. The number of hydrogen-bond donors (Lipinski definition) is 2. The Morgan fingerprint density at radius 1 is 1.00 bits per heavy atom. The normalized spacial score (nSPS) is 11.5. The van der Waals surface area contributed by atoms with Crippen molar-refractivity contribution in [2.75, 3.05) is 18.4 Å². The molecule has 0 bridgehead atoms. The molecule has 9 heteroatoms. The summed E-state index contributed by atoms with van der Waals surface area (Å²) in [6, 6.07) is 12.9. The van der Waals surface area contributed by atoms with Gasteiger partial charge in [0.05, 0.1) is 11.4 Å². The van der Waals surface area contributed by atoms with Crippen molar-refractivity contribution in [2.24, 2.45) is 0 Å². The molecule has 0 aliphatic heterocycles. The van der Waals surface area contributed by atoms with Crippen LogP contribution in [0.5, 0.6) is 0 Å². The van der Waals surface area contributed by atoms with Gasteiger partial charge in [-0.25, -0.2) is 27.8 Å². The molecule has 3 aromatic rings. The number of aryl methyl sites for hydroxylation is 3. The smallest absolute Gasteiger partial charge is 0.215 e. The highest BCUT2D eigenvalue weighted by atomic mass is 32.2. The van der Waals surface area contributed by atoms with E-state index in [0.717, 1.165) is 17.0 Å². The Morgan fingerprint density at radius 3 is 2.43 bits per heavy atom. The molecule has 0 saturated heterocycles. The summed E-state index contributed by atoms with van der Waals surface area (Å²) in [5.41, 5.74) is 2.65. The number of benzene rings is 1. The summed E-state index contributed by atoms with van der Waals surface area (Å²) in [6.45, 7) is 6.36. The first-order valence-corrected chi connectivity index (χ1v) is 10.6. The molecule has 8 nitrogen and oxygen atoms in total. The van der Waals surface area contributed by atoms with Crippen molar-refractivity contribution in [3.8, 4) is 5.82 Å². The van der Waals surface area contributed by atoms with Crippen molar-refractivity contribution in [2.45, 2.75) is 26.5 Å². The van der Waals surface area contributed by atoms with Crippen LogP contribution in [0.25, 0.3) is 5.82 Å². The number of nitrogens with zero attached hydrogens (tertiary/aromatic N) is 4. The van der Waals surface area contributed by atoms with Crippen molar-refractivity contribution in [1.29, 1.82) is 0 Å². The highest BCUT2D eigenvalue weighted by Crippen LogP contribution is 2.13. The van der Waals surface area contributed by atoms with Gasteiger partial charge in [-0.15, -0.1) is 0 Å². The van der Waals surface area contributed by atoms with Gasteiger partial charge in [-0.2, -0.15) is 5.10 Å². The van der Waals surface area contributed by atoms with Crippen LogP contribution in [-0.2, 0) is 15.8 Å². The number of nitrogens with one attached hydrogen (secondary N) is 2. The molecule has 0 unspecified atom stereocenters. The highest BCUT2D eigenvalue weighted by Gasteiger charge is 2.11. The van der Waals surface area contributed by atoms with E-state index in [-0.39, 0.29) is 12.3 Å². The second-order valence-electron chi connectivity index (χ2n) is 6.56. The van der Waals surface area contributed by atoms with Gasteiger partial charge in [-0.1, -0.05) is 30.3 Å². The monoisotopic (exact) mass is 400 g/mol. The Morgan fingerprint density at radius 2 is 1.75 bits per heavy atom. The maximum atomic E-state index is 12.2. The molecule has 0 radical (unpaired) electrons. The van der Waals surface area contributed by atoms with Gasteiger partial charge < -0.3 is 5.32 Å². The molecular formula is C19H24N6O2S. The molecule has 3 rings (SSSR count). The van der Waals surface area contributed by atoms with E-state index in [4.69, 9.17) is 0 Å². The molecule has 0 saturated carbocycles. The lowest BCUT2D eigenvalue weighted by molar-refractivity contribution is 0.582.